The standard InChI is InChI=1S/C14H11N3O5/c18-12-4-2-1-3-10(12)14(20)16-15-8-9-5-6-13(19)11(7-9)17(21)22/h1-8,18-19H,(H,16,20). The average molecular weight is 301 g/mol. The Hall–Kier alpha value is -3.42. The van der Waals surface area contributed by atoms with Crippen molar-refractivity contribution in [3.8, 4) is 11.5 Å². The first kappa shape index (κ1) is 15.0. The van der Waals surface area contributed by atoms with Crippen molar-refractivity contribution in [2.24, 2.45) is 5.10 Å². The molecule has 8 heteroatoms. The van der Waals surface area contributed by atoms with Crippen LogP contribution in [0.3, 0.4) is 0 Å². The number of carbonyl (C=O) groups is 1. The van der Waals surface area contributed by atoms with Crippen LogP contribution in [0.15, 0.2) is 47.6 Å². The maximum absolute atomic E-state index is 11.8. The number of hydrogen-bond donors (Lipinski definition) is 3. The van der Waals surface area contributed by atoms with Crippen LogP contribution in [0.5, 0.6) is 11.5 Å². The van der Waals surface area contributed by atoms with Crippen LogP contribution < -0.4 is 5.43 Å². The van der Waals surface area contributed by atoms with Gasteiger partial charge in [-0.3, -0.25) is 14.9 Å². The van der Waals surface area contributed by atoms with E-state index in [1.54, 1.807) is 12.1 Å². The van der Waals surface area contributed by atoms with Gasteiger partial charge >= 0.3 is 5.69 Å². The highest BCUT2D eigenvalue weighted by Crippen LogP contribution is 2.25. The fourth-order valence-electron chi connectivity index (χ4n) is 1.66. The molecular weight excluding hydrogens is 290 g/mol. The number of phenolic OH excluding ortho intramolecular Hbond substituents is 2. The van der Waals surface area contributed by atoms with E-state index in [4.69, 9.17) is 0 Å². The highest BCUT2D eigenvalue weighted by molar-refractivity contribution is 5.97. The largest absolute Gasteiger partial charge is 0.507 e. The second-order valence-electron chi connectivity index (χ2n) is 4.22. The van der Waals surface area contributed by atoms with Gasteiger partial charge in [0.15, 0.2) is 5.75 Å². The van der Waals surface area contributed by atoms with E-state index in [9.17, 15) is 25.1 Å². The molecule has 2 aromatic rings. The topological polar surface area (TPSA) is 125 Å². The summed E-state index contributed by atoms with van der Waals surface area (Å²) in [5, 5.41) is 33.2. The third kappa shape index (κ3) is 3.37. The van der Waals surface area contributed by atoms with Gasteiger partial charge in [-0.1, -0.05) is 12.1 Å². The molecule has 2 aromatic carbocycles. The molecule has 0 fully saturated rings. The molecule has 1 amide bonds. The molecule has 2 rings (SSSR count). The lowest BCUT2D eigenvalue weighted by Gasteiger charge is -2.02. The molecule has 0 heterocycles. The molecule has 0 aromatic heterocycles. The molecule has 0 bridgehead atoms. The normalized spacial score (nSPS) is 10.5. The Labute approximate surface area is 124 Å². The summed E-state index contributed by atoms with van der Waals surface area (Å²) < 4.78 is 0. The monoisotopic (exact) mass is 301 g/mol. The number of aromatic hydroxyl groups is 2. The second-order valence-corrected chi connectivity index (χ2v) is 4.22. The van der Waals surface area contributed by atoms with Crippen LogP contribution in [0.25, 0.3) is 0 Å². The zero-order chi connectivity index (χ0) is 16.1. The first-order valence-corrected chi connectivity index (χ1v) is 6.08. The van der Waals surface area contributed by atoms with E-state index in [1.807, 2.05) is 0 Å². The van der Waals surface area contributed by atoms with Crippen molar-refractivity contribution in [3.05, 3.63) is 63.7 Å². The van der Waals surface area contributed by atoms with Gasteiger partial charge < -0.3 is 10.2 Å². The molecule has 22 heavy (non-hydrogen) atoms. The molecular formula is C14H11N3O5. The fourth-order valence-corrected chi connectivity index (χ4v) is 1.66. The van der Waals surface area contributed by atoms with E-state index in [0.717, 1.165) is 12.1 Å². The number of amides is 1. The van der Waals surface area contributed by atoms with Crippen molar-refractivity contribution in [3.63, 3.8) is 0 Å². The first-order chi connectivity index (χ1) is 10.5. The number of rotatable bonds is 4. The minimum absolute atomic E-state index is 0.0522. The highest BCUT2D eigenvalue weighted by atomic mass is 16.6. The third-order valence-corrected chi connectivity index (χ3v) is 2.72. The van der Waals surface area contributed by atoms with Crippen molar-refractivity contribution in [1.82, 2.24) is 5.43 Å². The SMILES string of the molecule is O=C(NN=Cc1ccc(O)c([N+](=O)[O-])c1)c1ccccc1O. The zero-order valence-electron chi connectivity index (χ0n) is 11.1. The van der Waals surface area contributed by atoms with E-state index in [-0.39, 0.29) is 11.3 Å². The molecule has 112 valence electrons. The predicted molar refractivity (Wildman–Crippen MR) is 77.9 cm³/mol. The number of hydrogen-bond acceptors (Lipinski definition) is 6. The number of carbonyl (C=O) groups excluding carboxylic acids is 1. The summed E-state index contributed by atoms with van der Waals surface area (Å²) in [6, 6.07) is 9.62. The molecule has 0 unspecified atom stereocenters. The number of hydrazone groups is 1. The molecule has 0 spiro atoms. The van der Waals surface area contributed by atoms with Gasteiger partial charge in [0.05, 0.1) is 16.7 Å². The summed E-state index contributed by atoms with van der Waals surface area (Å²) >= 11 is 0. The Morgan fingerprint density at radius 2 is 1.91 bits per heavy atom. The third-order valence-electron chi connectivity index (χ3n) is 2.72. The molecule has 0 aliphatic carbocycles. The van der Waals surface area contributed by atoms with E-state index >= 15 is 0 Å². The summed E-state index contributed by atoms with van der Waals surface area (Å²) in [4.78, 5) is 21.7. The molecule has 0 aliphatic rings. The molecule has 3 N–H and O–H groups in total. The van der Waals surface area contributed by atoms with Gasteiger partial charge in [-0.25, -0.2) is 5.43 Å². The number of nitrogens with zero attached hydrogens (tertiary/aromatic N) is 2. The number of nitro groups is 1. The quantitative estimate of drug-likeness (QED) is 0.451. The lowest BCUT2D eigenvalue weighted by molar-refractivity contribution is -0.385. The fraction of sp³-hybridized carbons (Fsp3) is 0. The van der Waals surface area contributed by atoms with Crippen molar-refractivity contribution in [1.29, 1.82) is 0 Å². The smallest absolute Gasteiger partial charge is 0.311 e. The Bertz CT molecular complexity index is 758. The molecule has 0 radical (unpaired) electrons. The maximum atomic E-state index is 11.8. The number of benzene rings is 2. The number of phenols is 2. The van der Waals surface area contributed by atoms with Crippen molar-refractivity contribution >= 4 is 17.8 Å². The Kier molecular flexibility index (Phi) is 4.33. The Balaban J connectivity index is 2.10. The van der Waals surface area contributed by atoms with Crippen LogP contribution in [-0.4, -0.2) is 27.3 Å². The lowest BCUT2D eigenvalue weighted by Crippen LogP contribution is -2.17. The Morgan fingerprint density at radius 1 is 1.18 bits per heavy atom. The maximum Gasteiger partial charge on any atom is 0.311 e. The summed E-state index contributed by atoms with van der Waals surface area (Å²) in [6.07, 6.45) is 1.18. The van der Waals surface area contributed by atoms with Gasteiger partial charge in [-0.05, 0) is 24.3 Å². The van der Waals surface area contributed by atoms with Crippen molar-refractivity contribution in [2.45, 2.75) is 0 Å². The molecule has 0 saturated carbocycles. The summed E-state index contributed by atoms with van der Waals surface area (Å²) in [5.41, 5.74) is 2.10. The molecule has 8 nitrogen and oxygen atoms in total. The van der Waals surface area contributed by atoms with Gasteiger partial charge in [-0.15, -0.1) is 0 Å². The molecule has 0 atom stereocenters. The van der Waals surface area contributed by atoms with E-state index in [1.165, 1.54) is 24.4 Å². The molecule has 0 aliphatic heterocycles. The van der Waals surface area contributed by atoms with Crippen LogP contribution in [-0.2, 0) is 0 Å². The summed E-state index contributed by atoms with van der Waals surface area (Å²) in [5.74, 6) is -1.27. The number of para-hydroxylation sites is 1. The van der Waals surface area contributed by atoms with Gasteiger partial charge in [0.1, 0.15) is 5.75 Å². The highest BCUT2D eigenvalue weighted by Gasteiger charge is 2.13. The van der Waals surface area contributed by atoms with Crippen LogP contribution in [0.2, 0.25) is 0 Å². The predicted octanol–water partition coefficient (Wildman–Crippen LogP) is 1.77. The van der Waals surface area contributed by atoms with Gasteiger partial charge in [-0.2, -0.15) is 5.10 Å². The summed E-state index contributed by atoms with van der Waals surface area (Å²) in [7, 11) is 0. The van der Waals surface area contributed by atoms with Crippen LogP contribution >= 0.6 is 0 Å². The minimum Gasteiger partial charge on any atom is -0.507 e. The van der Waals surface area contributed by atoms with E-state index in [2.05, 4.69) is 10.5 Å². The van der Waals surface area contributed by atoms with Gasteiger partial charge in [0.2, 0.25) is 0 Å². The van der Waals surface area contributed by atoms with Gasteiger partial charge in [0, 0.05) is 11.6 Å². The van der Waals surface area contributed by atoms with Crippen LogP contribution in [0, 0.1) is 10.1 Å². The number of nitro benzene ring substituents is 1. The first-order valence-electron chi connectivity index (χ1n) is 6.08. The summed E-state index contributed by atoms with van der Waals surface area (Å²) in [6.45, 7) is 0. The van der Waals surface area contributed by atoms with Crippen molar-refractivity contribution in [2.75, 3.05) is 0 Å². The molecule has 0 saturated heterocycles. The van der Waals surface area contributed by atoms with Crippen molar-refractivity contribution < 1.29 is 19.9 Å². The van der Waals surface area contributed by atoms with Crippen LogP contribution in [0.4, 0.5) is 5.69 Å². The lowest BCUT2D eigenvalue weighted by atomic mass is 10.2. The van der Waals surface area contributed by atoms with E-state index in [0.29, 0.717) is 5.56 Å². The minimum atomic E-state index is -0.729. The van der Waals surface area contributed by atoms with E-state index < -0.39 is 22.3 Å². The Morgan fingerprint density at radius 3 is 2.59 bits per heavy atom. The zero-order valence-corrected chi connectivity index (χ0v) is 11.1. The van der Waals surface area contributed by atoms with Crippen LogP contribution in [0.1, 0.15) is 15.9 Å². The average Bonchev–Trinajstić information content (AvgIpc) is 2.49. The van der Waals surface area contributed by atoms with Gasteiger partial charge in [0.25, 0.3) is 5.91 Å². The number of nitrogens with one attached hydrogen (secondary N) is 1. The second kappa shape index (κ2) is 6.35.